The summed E-state index contributed by atoms with van der Waals surface area (Å²) in [5.74, 6) is 0.594. The molecule has 1 amide bonds. The van der Waals surface area contributed by atoms with Gasteiger partial charge in [-0.25, -0.2) is 4.68 Å². The lowest BCUT2D eigenvalue weighted by Crippen LogP contribution is -2.23. The first kappa shape index (κ1) is 20.5. The number of rotatable bonds is 8. The van der Waals surface area contributed by atoms with Gasteiger partial charge in [-0.2, -0.15) is 0 Å². The van der Waals surface area contributed by atoms with Crippen molar-refractivity contribution >= 4 is 16.9 Å². The summed E-state index contributed by atoms with van der Waals surface area (Å²) in [6, 6.07) is 17.0. The molecule has 158 valence electrons. The highest BCUT2D eigenvalue weighted by molar-refractivity contribution is 5.94. The maximum absolute atomic E-state index is 12.3. The van der Waals surface area contributed by atoms with Gasteiger partial charge in [0, 0.05) is 24.7 Å². The number of fused-ring (bicyclic) bond motifs is 1. The van der Waals surface area contributed by atoms with Crippen LogP contribution in [0, 0.1) is 13.8 Å². The number of carbonyl (C=O) groups is 1. The van der Waals surface area contributed by atoms with E-state index in [1.165, 1.54) is 11.1 Å². The van der Waals surface area contributed by atoms with Gasteiger partial charge in [-0.05, 0) is 73.5 Å². The maximum atomic E-state index is 12.3. The Kier molecular flexibility index (Phi) is 6.21. The zero-order chi connectivity index (χ0) is 21.6. The van der Waals surface area contributed by atoms with Crippen LogP contribution in [0.3, 0.4) is 0 Å². The second-order valence-electron chi connectivity index (χ2n) is 7.47. The predicted octanol–water partition coefficient (Wildman–Crippen LogP) is 3.84. The van der Waals surface area contributed by atoms with E-state index in [2.05, 4.69) is 46.6 Å². The third-order valence-corrected chi connectivity index (χ3v) is 5.19. The number of ether oxygens (including phenoxy) is 1. The third-order valence-electron chi connectivity index (χ3n) is 5.19. The topological polar surface area (TPSA) is 81.9 Å². The second kappa shape index (κ2) is 9.38. The maximum Gasteiger partial charge on any atom is 0.251 e. The fraction of sp³-hybridized carbons (Fsp3) is 0.250. The summed E-state index contributed by atoms with van der Waals surface area (Å²) >= 11 is 0. The summed E-state index contributed by atoms with van der Waals surface area (Å²) in [4.78, 5) is 16.5. The lowest BCUT2D eigenvalue weighted by Gasteiger charge is -2.08. The zero-order valence-electron chi connectivity index (χ0n) is 17.7. The fourth-order valence-corrected chi connectivity index (χ4v) is 3.27. The molecule has 7 nitrogen and oxygen atoms in total. The van der Waals surface area contributed by atoms with Gasteiger partial charge in [-0.3, -0.25) is 9.78 Å². The molecule has 4 aromatic rings. The number of nitrogens with one attached hydrogen (secondary N) is 1. The summed E-state index contributed by atoms with van der Waals surface area (Å²) in [5.41, 5.74) is 5.82. The monoisotopic (exact) mass is 415 g/mol. The molecular formula is C24H25N5O2. The van der Waals surface area contributed by atoms with Crippen molar-refractivity contribution in [1.29, 1.82) is 0 Å². The highest BCUT2D eigenvalue weighted by atomic mass is 16.5. The molecule has 2 heterocycles. The number of pyridine rings is 1. The van der Waals surface area contributed by atoms with Crippen LogP contribution in [0.5, 0.6) is 5.75 Å². The standard InChI is InChI=1S/C24H25N5O2/c1-17-14-22-23(15-18(17)2)29(28-27-22)12-5-13-31-21-9-7-19(8-10-21)24(30)26-16-20-6-3-4-11-25-20/h3-4,6-11,14-15H,5,12-13,16H2,1-2H3,(H,26,30). The van der Waals surface area contributed by atoms with Crippen LogP contribution in [0.4, 0.5) is 0 Å². The number of aryl methyl sites for hydroxylation is 3. The Balaban J connectivity index is 1.25. The van der Waals surface area contributed by atoms with E-state index in [0.29, 0.717) is 18.7 Å². The van der Waals surface area contributed by atoms with E-state index in [1.54, 1.807) is 18.3 Å². The average Bonchev–Trinajstić information content (AvgIpc) is 3.18. The molecule has 31 heavy (non-hydrogen) atoms. The van der Waals surface area contributed by atoms with Gasteiger partial charge >= 0.3 is 0 Å². The Hall–Kier alpha value is -3.74. The zero-order valence-corrected chi connectivity index (χ0v) is 17.7. The molecule has 0 saturated carbocycles. The van der Waals surface area contributed by atoms with Crippen LogP contribution in [0.1, 0.15) is 33.6 Å². The smallest absolute Gasteiger partial charge is 0.251 e. The first-order valence-electron chi connectivity index (χ1n) is 10.3. The van der Waals surface area contributed by atoms with Crippen LogP contribution in [-0.2, 0) is 13.1 Å². The Bertz CT molecular complexity index is 1170. The summed E-state index contributed by atoms with van der Waals surface area (Å²) in [6.07, 6.45) is 2.51. The molecule has 0 radical (unpaired) electrons. The van der Waals surface area contributed by atoms with Crippen molar-refractivity contribution in [3.63, 3.8) is 0 Å². The van der Waals surface area contributed by atoms with Crippen LogP contribution in [-0.4, -0.2) is 32.5 Å². The summed E-state index contributed by atoms with van der Waals surface area (Å²) in [5, 5.41) is 11.4. The normalized spacial score (nSPS) is 10.9. The molecule has 0 aliphatic heterocycles. The highest BCUT2D eigenvalue weighted by Gasteiger charge is 2.08. The van der Waals surface area contributed by atoms with Gasteiger partial charge in [0.25, 0.3) is 5.91 Å². The van der Waals surface area contributed by atoms with Gasteiger partial charge in [-0.1, -0.05) is 11.3 Å². The Morgan fingerprint density at radius 1 is 1.06 bits per heavy atom. The van der Waals surface area contributed by atoms with Crippen LogP contribution < -0.4 is 10.1 Å². The number of amides is 1. The summed E-state index contributed by atoms with van der Waals surface area (Å²) in [7, 11) is 0. The molecular weight excluding hydrogens is 390 g/mol. The molecule has 0 unspecified atom stereocenters. The lowest BCUT2D eigenvalue weighted by molar-refractivity contribution is 0.0950. The van der Waals surface area contributed by atoms with Crippen molar-refractivity contribution in [3.05, 3.63) is 83.2 Å². The average molecular weight is 415 g/mol. The number of carbonyl (C=O) groups excluding carboxylic acids is 1. The van der Waals surface area contributed by atoms with Crippen molar-refractivity contribution in [2.75, 3.05) is 6.61 Å². The number of hydrogen-bond donors (Lipinski definition) is 1. The highest BCUT2D eigenvalue weighted by Crippen LogP contribution is 2.18. The van der Waals surface area contributed by atoms with E-state index in [0.717, 1.165) is 35.4 Å². The molecule has 2 aromatic carbocycles. The van der Waals surface area contributed by atoms with E-state index in [4.69, 9.17) is 4.74 Å². The van der Waals surface area contributed by atoms with Gasteiger partial charge in [0.05, 0.1) is 24.4 Å². The molecule has 4 rings (SSSR count). The van der Waals surface area contributed by atoms with Gasteiger partial charge in [0.1, 0.15) is 11.3 Å². The van der Waals surface area contributed by atoms with E-state index in [1.807, 2.05) is 35.0 Å². The SMILES string of the molecule is Cc1cc2nnn(CCCOc3ccc(C(=O)NCc4ccccn4)cc3)c2cc1C. The molecule has 0 aliphatic carbocycles. The van der Waals surface area contributed by atoms with Crippen molar-refractivity contribution in [2.24, 2.45) is 0 Å². The fourth-order valence-electron chi connectivity index (χ4n) is 3.27. The second-order valence-corrected chi connectivity index (χ2v) is 7.47. The summed E-state index contributed by atoms with van der Waals surface area (Å²) in [6.45, 7) is 5.85. The predicted molar refractivity (Wildman–Crippen MR) is 119 cm³/mol. The van der Waals surface area contributed by atoms with Gasteiger partial charge in [0.2, 0.25) is 0 Å². The van der Waals surface area contributed by atoms with E-state index in [-0.39, 0.29) is 5.91 Å². The van der Waals surface area contributed by atoms with Crippen LogP contribution in [0.25, 0.3) is 11.0 Å². The molecule has 0 bridgehead atoms. The number of benzene rings is 2. The molecule has 2 aromatic heterocycles. The largest absolute Gasteiger partial charge is 0.494 e. The molecule has 1 N–H and O–H groups in total. The minimum atomic E-state index is -0.138. The van der Waals surface area contributed by atoms with E-state index >= 15 is 0 Å². The van der Waals surface area contributed by atoms with Crippen LogP contribution in [0.2, 0.25) is 0 Å². The van der Waals surface area contributed by atoms with Crippen molar-refractivity contribution in [2.45, 2.75) is 33.4 Å². The molecule has 0 aliphatic rings. The lowest BCUT2D eigenvalue weighted by atomic mass is 10.1. The number of aromatic nitrogens is 4. The van der Waals surface area contributed by atoms with Gasteiger partial charge in [-0.15, -0.1) is 5.10 Å². The Morgan fingerprint density at radius 3 is 2.65 bits per heavy atom. The number of nitrogens with zero attached hydrogens (tertiary/aromatic N) is 4. The molecule has 0 saturated heterocycles. The van der Waals surface area contributed by atoms with Gasteiger partial charge < -0.3 is 10.1 Å². The minimum Gasteiger partial charge on any atom is -0.494 e. The Labute approximate surface area is 181 Å². The summed E-state index contributed by atoms with van der Waals surface area (Å²) < 4.78 is 7.74. The molecule has 0 atom stereocenters. The minimum absolute atomic E-state index is 0.138. The quantitative estimate of drug-likeness (QED) is 0.442. The molecule has 0 fully saturated rings. The Morgan fingerprint density at radius 2 is 1.87 bits per heavy atom. The van der Waals surface area contributed by atoms with Gasteiger partial charge in [0.15, 0.2) is 0 Å². The van der Waals surface area contributed by atoms with Crippen molar-refractivity contribution in [1.82, 2.24) is 25.3 Å². The van der Waals surface area contributed by atoms with Crippen LogP contribution in [0.15, 0.2) is 60.8 Å². The van der Waals surface area contributed by atoms with Crippen molar-refractivity contribution in [3.8, 4) is 5.75 Å². The van der Waals surface area contributed by atoms with E-state index < -0.39 is 0 Å². The molecule has 0 spiro atoms. The van der Waals surface area contributed by atoms with Crippen molar-refractivity contribution < 1.29 is 9.53 Å². The first-order chi connectivity index (χ1) is 15.1. The third kappa shape index (κ3) is 5.06. The number of hydrogen-bond acceptors (Lipinski definition) is 5. The molecule has 7 heteroatoms. The first-order valence-corrected chi connectivity index (χ1v) is 10.3. The van der Waals surface area contributed by atoms with Crippen LogP contribution >= 0.6 is 0 Å². The van der Waals surface area contributed by atoms with E-state index in [9.17, 15) is 4.79 Å².